The number of carbonyl (C=O) groups excluding carboxylic acids is 1. The van der Waals surface area contributed by atoms with Crippen LogP contribution >= 0.6 is 11.8 Å². The Labute approximate surface area is 226 Å². The Hall–Kier alpha value is -2.95. The molecule has 0 saturated carbocycles. The molecule has 2 aliphatic heterocycles. The summed E-state index contributed by atoms with van der Waals surface area (Å²) in [5, 5.41) is 4.20. The molecule has 0 N–H and O–H groups in total. The van der Waals surface area contributed by atoms with Crippen LogP contribution in [0.15, 0.2) is 62.8 Å². The van der Waals surface area contributed by atoms with Crippen LogP contribution in [0.2, 0.25) is 0 Å². The molecular formula is C28H30FN3O4S2. The molecule has 3 aromatic rings. The standard InChI is InChI=1S/C28H30FN3O4S2/c1-3-22-18-32(24-10-6-7-11-26(24)37-22)28(33)21-14-16-31(17-15-21)38(34,35)27-19(2)30-36-25(27)13-12-20-8-4-5-9-23(20)29/h4-13,21-22H,3,14-18H2,1-2H3/b13-12+/t22-/m1/s1. The molecule has 1 fully saturated rings. The molecule has 0 bridgehead atoms. The van der Waals surface area contributed by atoms with Crippen molar-refractivity contribution in [2.75, 3.05) is 24.5 Å². The van der Waals surface area contributed by atoms with Crippen molar-refractivity contribution in [3.8, 4) is 0 Å². The quantitative estimate of drug-likeness (QED) is 0.393. The monoisotopic (exact) mass is 555 g/mol. The molecule has 0 aliphatic carbocycles. The molecule has 7 nitrogen and oxygen atoms in total. The highest BCUT2D eigenvalue weighted by atomic mass is 32.2. The third kappa shape index (κ3) is 5.17. The number of anilines is 1. The van der Waals surface area contributed by atoms with E-state index in [0.717, 1.165) is 17.0 Å². The zero-order valence-corrected chi connectivity index (χ0v) is 23.0. The van der Waals surface area contributed by atoms with Gasteiger partial charge in [0.2, 0.25) is 15.9 Å². The van der Waals surface area contributed by atoms with E-state index in [0.29, 0.717) is 30.2 Å². The summed E-state index contributed by atoms with van der Waals surface area (Å²) in [5.74, 6) is -0.560. The van der Waals surface area contributed by atoms with Gasteiger partial charge in [0, 0.05) is 41.3 Å². The smallest absolute Gasteiger partial charge is 0.248 e. The van der Waals surface area contributed by atoms with E-state index < -0.39 is 15.8 Å². The summed E-state index contributed by atoms with van der Waals surface area (Å²) < 4.78 is 47.9. The van der Waals surface area contributed by atoms with Crippen LogP contribution in [0.25, 0.3) is 12.2 Å². The molecular weight excluding hydrogens is 525 g/mol. The van der Waals surface area contributed by atoms with Crippen LogP contribution in [0, 0.1) is 18.7 Å². The summed E-state index contributed by atoms with van der Waals surface area (Å²) in [6, 6.07) is 14.2. The minimum absolute atomic E-state index is 0.0253. The molecule has 2 aliphatic rings. The van der Waals surface area contributed by atoms with Gasteiger partial charge < -0.3 is 9.42 Å². The number of aromatic nitrogens is 1. The van der Waals surface area contributed by atoms with Crippen LogP contribution in [0.3, 0.4) is 0 Å². The average molecular weight is 556 g/mol. The van der Waals surface area contributed by atoms with E-state index in [4.69, 9.17) is 4.52 Å². The van der Waals surface area contributed by atoms with Crippen molar-refractivity contribution >= 4 is 45.5 Å². The van der Waals surface area contributed by atoms with Crippen molar-refractivity contribution in [1.29, 1.82) is 0 Å². The van der Waals surface area contributed by atoms with Gasteiger partial charge in [-0.2, -0.15) is 4.31 Å². The molecule has 200 valence electrons. The largest absolute Gasteiger partial charge is 0.355 e. The van der Waals surface area contributed by atoms with Gasteiger partial charge in [0.05, 0.1) is 5.69 Å². The van der Waals surface area contributed by atoms with Crippen LogP contribution in [0.1, 0.15) is 43.2 Å². The van der Waals surface area contributed by atoms with Crippen LogP contribution in [-0.2, 0) is 14.8 Å². The van der Waals surface area contributed by atoms with Crippen LogP contribution < -0.4 is 4.90 Å². The Kier molecular flexibility index (Phi) is 7.74. The van der Waals surface area contributed by atoms with Gasteiger partial charge in [-0.15, -0.1) is 11.8 Å². The third-order valence-corrected chi connectivity index (χ3v) is 10.6. The molecule has 5 rings (SSSR count). The number of hydrogen-bond donors (Lipinski definition) is 0. The van der Waals surface area contributed by atoms with Gasteiger partial charge in [-0.05, 0) is 56.5 Å². The molecule has 2 aromatic carbocycles. The molecule has 1 saturated heterocycles. The molecule has 1 amide bonds. The summed E-state index contributed by atoms with van der Waals surface area (Å²) in [4.78, 5) is 16.6. The Balaban J connectivity index is 1.31. The topological polar surface area (TPSA) is 83.7 Å². The number of halogens is 1. The maximum atomic E-state index is 14.0. The lowest BCUT2D eigenvalue weighted by molar-refractivity contribution is -0.123. The van der Waals surface area contributed by atoms with Crippen molar-refractivity contribution in [1.82, 2.24) is 9.46 Å². The summed E-state index contributed by atoms with van der Waals surface area (Å²) in [6.45, 7) is 4.81. The number of benzene rings is 2. The minimum Gasteiger partial charge on any atom is -0.355 e. The summed E-state index contributed by atoms with van der Waals surface area (Å²) >= 11 is 1.81. The van der Waals surface area contributed by atoms with Crippen molar-refractivity contribution in [2.45, 2.75) is 48.2 Å². The van der Waals surface area contributed by atoms with Crippen molar-refractivity contribution in [3.63, 3.8) is 0 Å². The predicted octanol–water partition coefficient (Wildman–Crippen LogP) is 5.61. The minimum atomic E-state index is -3.93. The van der Waals surface area contributed by atoms with Crippen LogP contribution in [0.4, 0.5) is 10.1 Å². The van der Waals surface area contributed by atoms with Crippen molar-refractivity contribution in [2.24, 2.45) is 5.92 Å². The number of thioether (sulfide) groups is 1. The molecule has 0 radical (unpaired) electrons. The van der Waals surface area contributed by atoms with Crippen molar-refractivity contribution in [3.05, 3.63) is 71.4 Å². The number of para-hydroxylation sites is 1. The fourth-order valence-electron chi connectivity index (χ4n) is 4.99. The normalized spacial score (nSPS) is 19.1. The van der Waals surface area contributed by atoms with Gasteiger partial charge in [0.15, 0.2) is 10.7 Å². The van der Waals surface area contributed by atoms with E-state index >= 15 is 0 Å². The molecule has 1 aromatic heterocycles. The maximum Gasteiger partial charge on any atom is 0.248 e. The molecule has 0 unspecified atom stereocenters. The van der Waals surface area contributed by atoms with Gasteiger partial charge in [-0.25, -0.2) is 12.8 Å². The van der Waals surface area contributed by atoms with Gasteiger partial charge in [-0.3, -0.25) is 4.79 Å². The fraction of sp³-hybridized carbons (Fsp3) is 0.357. The molecule has 0 spiro atoms. The second-order valence-corrected chi connectivity index (χ2v) is 12.8. The van der Waals surface area contributed by atoms with Gasteiger partial charge in [-0.1, -0.05) is 42.4 Å². The number of hydrogen-bond acceptors (Lipinski definition) is 6. The number of carbonyl (C=O) groups is 1. The SMILES string of the molecule is CC[C@@H]1CN(C(=O)C2CCN(S(=O)(=O)c3c(C)noc3/C=C/c3ccccc3F)CC2)c2ccccc2S1. The summed E-state index contributed by atoms with van der Waals surface area (Å²) in [7, 11) is -3.93. The number of amides is 1. The highest BCUT2D eigenvalue weighted by molar-refractivity contribution is 8.00. The van der Waals surface area contributed by atoms with E-state index in [9.17, 15) is 17.6 Å². The zero-order chi connectivity index (χ0) is 26.9. The van der Waals surface area contributed by atoms with Gasteiger partial charge in [0.25, 0.3) is 0 Å². The van der Waals surface area contributed by atoms with Crippen LogP contribution in [-0.4, -0.2) is 48.7 Å². The van der Waals surface area contributed by atoms with E-state index in [1.807, 2.05) is 34.9 Å². The van der Waals surface area contributed by atoms with Gasteiger partial charge >= 0.3 is 0 Å². The molecule has 10 heteroatoms. The predicted molar refractivity (Wildman–Crippen MR) is 147 cm³/mol. The lowest BCUT2D eigenvalue weighted by Crippen LogP contribution is -2.47. The molecule has 1 atom stereocenters. The fourth-order valence-corrected chi connectivity index (χ4v) is 7.91. The number of piperidine rings is 1. The second kappa shape index (κ2) is 11.0. The molecule has 3 heterocycles. The van der Waals surface area contributed by atoms with E-state index in [1.54, 1.807) is 25.1 Å². The Morgan fingerprint density at radius 1 is 1.13 bits per heavy atom. The Bertz CT molecular complexity index is 1460. The van der Waals surface area contributed by atoms with E-state index in [-0.39, 0.29) is 41.3 Å². The number of nitrogens with zero attached hydrogens (tertiary/aromatic N) is 3. The Morgan fingerprint density at radius 2 is 1.84 bits per heavy atom. The van der Waals surface area contributed by atoms with Gasteiger partial charge in [0.1, 0.15) is 11.5 Å². The first kappa shape index (κ1) is 26.6. The first-order chi connectivity index (χ1) is 18.3. The maximum absolute atomic E-state index is 14.0. The summed E-state index contributed by atoms with van der Waals surface area (Å²) in [5.41, 5.74) is 1.49. The number of rotatable bonds is 6. The average Bonchev–Trinajstić information content (AvgIpc) is 3.32. The lowest BCUT2D eigenvalue weighted by atomic mass is 9.96. The van der Waals surface area contributed by atoms with E-state index in [1.165, 1.54) is 22.5 Å². The second-order valence-electron chi connectivity index (χ2n) is 9.56. The molecule has 38 heavy (non-hydrogen) atoms. The number of sulfonamides is 1. The number of aryl methyl sites for hydroxylation is 1. The number of fused-ring (bicyclic) bond motifs is 1. The lowest BCUT2D eigenvalue weighted by Gasteiger charge is -2.38. The van der Waals surface area contributed by atoms with Crippen LogP contribution in [0.5, 0.6) is 0 Å². The highest BCUT2D eigenvalue weighted by Gasteiger charge is 2.38. The van der Waals surface area contributed by atoms with Crippen molar-refractivity contribution < 1.29 is 22.1 Å². The first-order valence-corrected chi connectivity index (χ1v) is 15.1. The zero-order valence-electron chi connectivity index (χ0n) is 21.3. The highest BCUT2D eigenvalue weighted by Crippen LogP contribution is 2.41. The summed E-state index contributed by atoms with van der Waals surface area (Å²) in [6.07, 6.45) is 4.73. The third-order valence-electron chi connectivity index (χ3n) is 7.11. The first-order valence-electron chi connectivity index (χ1n) is 12.8. The Morgan fingerprint density at radius 3 is 2.58 bits per heavy atom. The van der Waals surface area contributed by atoms with E-state index in [2.05, 4.69) is 18.1 Å².